The van der Waals surface area contributed by atoms with Crippen LogP contribution in [0.4, 0.5) is 4.79 Å². The Hall–Kier alpha value is -1.02. The molecule has 1 aliphatic rings. The standard InChI is InChI=1S/C17H23ClO2/c1-16(2,13-7-5-4-6-8-13)14-9-11-17(3,12-10-14)20-15(18)19/h4-8,14H,9-12H2,1-3H3. The SMILES string of the molecule is CC1(OC(=O)Cl)CCC(C(C)(C)c2ccccc2)CC1. The monoisotopic (exact) mass is 294 g/mol. The zero-order valence-electron chi connectivity index (χ0n) is 12.5. The second-order valence-corrected chi connectivity index (χ2v) is 6.96. The van der Waals surface area contributed by atoms with E-state index >= 15 is 0 Å². The molecule has 0 bridgehead atoms. The number of benzene rings is 1. The van der Waals surface area contributed by atoms with Crippen LogP contribution in [0.25, 0.3) is 0 Å². The van der Waals surface area contributed by atoms with Gasteiger partial charge >= 0.3 is 5.43 Å². The Kier molecular flexibility index (Phi) is 4.43. The summed E-state index contributed by atoms with van der Waals surface area (Å²) < 4.78 is 5.27. The van der Waals surface area contributed by atoms with Crippen molar-refractivity contribution in [3.63, 3.8) is 0 Å². The van der Waals surface area contributed by atoms with Gasteiger partial charge in [0.2, 0.25) is 0 Å². The molecule has 2 nitrogen and oxygen atoms in total. The maximum Gasteiger partial charge on any atom is 0.404 e. The van der Waals surface area contributed by atoms with Crippen molar-refractivity contribution in [2.45, 2.75) is 57.5 Å². The first-order valence-electron chi connectivity index (χ1n) is 7.27. The van der Waals surface area contributed by atoms with Crippen LogP contribution in [0.3, 0.4) is 0 Å². The van der Waals surface area contributed by atoms with Crippen LogP contribution in [0, 0.1) is 5.92 Å². The first-order chi connectivity index (χ1) is 9.33. The van der Waals surface area contributed by atoms with Crippen molar-refractivity contribution in [1.82, 2.24) is 0 Å². The summed E-state index contributed by atoms with van der Waals surface area (Å²) in [6.07, 6.45) is 3.88. The van der Waals surface area contributed by atoms with Gasteiger partial charge in [0.25, 0.3) is 0 Å². The van der Waals surface area contributed by atoms with Crippen molar-refractivity contribution in [3.05, 3.63) is 35.9 Å². The summed E-state index contributed by atoms with van der Waals surface area (Å²) in [4.78, 5) is 11.0. The van der Waals surface area contributed by atoms with Crippen molar-refractivity contribution in [3.8, 4) is 0 Å². The number of carbonyl (C=O) groups excluding carboxylic acids is 1. The summed E-state index contributed by atoms with van der Waals surface area (Å²) in [5.41, 5.74) is 0.451. The molecule has 110 valence electrons. The second-order valence-electron chi connectivity index (χ2n) is 6.65. The van der Waals surface area contributed by atoms with Crippen LogP contribution in [-0.2, 0) is 10.2 Å². The average Bonchev–Trinajstić information content (AvgIpc) is 2.39. The van der Waals surface area contributed by atoms with Crippen molar-refractivity contribution in [1.29, 1.82) is 0 Å². The Morgan fingerprint density at radius 3 is 2.30 bits per heavy atom. The molecule has 20 heavy (non-hydrogen) atoms. The second kappa shape index (κ2) is 5.77. The lowest BCUT2D eigenvalue weighted by molar-refractivity contribution is -0.00846. The van der Waals surface area contributed by atoms with Crippen molar-refractivity contribution in [2.24, 2.45) is 5.92 Å². The van der Waals surface area contributed by atoms with E-state index < -0.39 is 5.43 Å². The maximum absolute atomic E-state index is 11.0. The molecule has 1 aromatic carbocycles. The molecule has 0 radical (unpaired) electrons. The van der Waals surface area contributed by atoms with Crippen molar-refractivity contribution < 1.29 is 9.53 Å². The molecule has 2 rings (SSSR count). The van der Waals surface area contributed by atoms with Gasteiger partial charge in [-0.25, -0.2) is 4.79 Å². The van der Waals surface area contributed by atoms with Gasteiger partial charge in [-0.15, -0.1) is 0 Å². The number of rotatable bonds is 3. The zero-order valence-corrected chi connectivity index (χ0v) is 13.2. The van der Waals surface area contributed by atoms with Gasteiger partial charge in [-0.1, -0.05) is 44.2 Å². The van der Waals surface area contributed by atoms with Crippen LogP contribution in [0.15, 0.2) is 30.3 Å². The molecule has 0 saturated heterocycles. The summed E-state index contributed by atoms with van der Waals surface area (Å²) in [6.45, 7) is 6.60. The van der Waals surface area contributed by atoms with E-state index in [1.807, 2.05) is 6.92 Å². The largest absolute Gasteiger partial charge is 0.447 e. The van der Waals surface area contributed by atoms with Crippen molar-refractivity contribution in [2.75, 3.05) is 0 Å². The van der Waals surface area contributed by atoms with Crippen LogP contribution in [0.2, 0.25) is 0 Å². The fraction of sp³-hybridized carbons (Fsp3) is 0.588. The quantitative estimate of drug-likeness (QED) is 0.708. The van der Waals surface area contributed by atoms with Gasteiger partial charge < -0.3 is 4.74 Å². The van der Waals surface area contributed by atoms with E-state index in [0.29, 0.717) is 5.92 Å². The Labute approximate surface area is 126 Å². The Balaban J connectivity index is 2.05. The first-order valence-corrected chi connectivity index (χ1v) is 7.65. The minimum absolute atomic E-state index is 0.146. The summed E-state index contributed by atoms with van der Waals surface area (Å²) in [5.74, 6) is 0.604. The normalized spacial score (nSPS) is 27.1. The maximum atomic E-state index is 11.0. The lowest BCUT2D eigenvalue weighted by Crippen LogP contribution is -2.40. The molecular weight excluding hydrogens is 272 g/mol. The minimum atomic E-state index is -0.687. The van der Waals surface area contributed by atoms with Gasteiger partial charge in [0.1, 0.15) is 5.60 Å². The highest BCUT2D eigenvalue weighted by Gasteiger charge is 2.40. The lowest BCUT2D eigenvalue weighted by Gasteiger charge is -2.43. The summed E-state index contributed by atoms with van der Waals surface area (Å²) >= 11 is 5.36. The van der Waals surface area contributed by atoms with Gasteiger partial charge in [-0.05, 0) is 49.5 Å². The molecule has 0 aliphatic heterocycles. The molecule has 0 atom stereocenters. The van der Waals surface area contributed by atoms with Crippen molar-refractivity contribution >= 4 is 17.0 Å². The highest BCUT2D eigenvalue weighted by Crippen LogP contribution is 2.44. The third kappa shape index (κ3) is 3.35. The average molecular weight is 295 g/mol. The third-order valence-electron chi connectivity index (χ3n) is 4.91. The molecule has 1 fully saturated rings. The fourth-order valence-corrected chi connectivity index (χ4v) is 3.54. The Morgan fingerprint density at radius 2 is 1.80 bits per heavy atom. The van der Waals surface area contributed by atoms with Crippen LogP contribution < -0.4 is 0 Å². The lowest BCUT2D eigenvalue weighted by atomic mass is 9.65. The molecule has 1 saturated carbocycles. The molecule has 1 aromatic rings. The molecule has 0 N–H and O–H groups in total. The first kappa shape index (κ1) is 15.4. The van der Waals surface area contributed by atoms with E-state index in [-0.39, 0.29) is 11.0 Å². The highest BCUT2D eigenvalue weighted by atomic mass is 35.5. The third-order valence-corrected chi connectivity index (χ3v) is 4.99. The number of carbonyl (C=O) groups is 1. The number of hydrogen-bond acceptors (Lipinski definition) is 2. The molecule has 0 aromatic heterocycles. The highest BCUT2D eigenvalue weighted by molar-refractivity contribution is 6.61. The molecule has 3 heteroatoms. The number of halogens is 1. The van der Waals surface area contributed by atoms with E-state index in [4.69, 9.17) is 16.3 Å². The predicted octanol–water partition coefficient (Wildman–Crippen LogP) is 5.29. The van der Waals surface area contributed by atoms with Gasteiger partial charge in [-0.2, -0.15) is 0 Å². The van der Waals surface area contributed by atoms with Crippen LogP contribution in [0.1, 0.15) is 52.0 Å². The minimum Gasteiger partial charge on any atom is -0.447 e. The molecule has 0 unspecified atom stereocenters. The van der Waals surface area contributed by atoms with Gasteiger partial charge in [0, 0.05) is 11.6 Å². The predicted molar refractivity (Wildman–Crippen MR) is 82.2 cm³/mol. The van der Waals surface area contributed by atoms with Gasteiger partial charge in [0.15, 0.2) is 0 Å². The van der Waals surface area contributed by atoms with Crippen LogP contribution in [-0.4, -0.2) is 11.0 Å². The van der Waals surface area contributed by atoms with Gasteiger partial charge in [0.05, 0.1) is 0 Å². The molecule has 0 heterocycles. The van der Waals surface area contributed by atoms with Crippen LogP contribution in [0.5, 0.6) is 0 Å². The molecule has 1 aliphatic carbocycles. The fourth-order valence-electron chi connectivity index (χ4n) is 3.35. The zero-order chi connectivity index (χ0) is 14.8. The summed E-state index contributed by atoms with van der Waals surface area (Å²) in [5, 5.41) is 0. The van der Waals surface area contributed by atoms with Crippen LogP contribution >= 0.6 is 11.6 Å². The van der Waals surface area contributed by atoms with E-state index in [9.17, 15) is 4.79 Å². The molecule has 0 amide bonds. The number of ether oxygens (including phenoxy) is 1. The van der Waals surface area contributed by atoms with E-state index in [0.717, 1.165) is 25.7 Å². The molecular formula is C17H23ClO2. The number of hydrogen-bond donors (Lipinski definition) is 0. The Morgan fingerprint density at radius 1 is 1.25 bits per heavy atom. The smallest absolute Gasteiger partial charge is 0.404 e. The van der Waals surface area contributed by atoms with E-state index in [1.165, 1.54) is 5.56 Å². The summed E-state index contributed by atoms with van der Waals surface area (Å²) in [7, 11) is 0. The molecule has 0 spiro atoms. The van der Waals surface area contributed by atoms with E-state index in [2.05, 4.69) is 44.2 Å². The van der Waals surface area contributed by atoms with E-state index in [1.54, 1.807) is 0 Å². The topological polar surface area (TPSA) is 26.3 Å². The summed E-state index contributed by atoms with van der Waals surface area (Å²) in [6, 6.07) is 10.6. The Bertz CT molecular complexity index is 459. The van der Waals surface area contributed by atoms with Gasteiger partial charge in [-0.3, -0.25) is 0 Å².